The number of hydrogen-bond acceptors (Lipinski definition) is 4. The van der Waals surface area contributed by atoms with Crippen molar-refractivity contribution in [3.8, 4) is 11.3 Å². The number of nitrogens with zero attached hydrogens (tertiary/aromatic N) is 3. The molecule has 1 atom stereocenters. The van der Waals surface area contributed by atoms with Gasteiger partial charge in [0.05, 0.1) is 25.3 Å². The van der Waals surface area contributed by atoms with E-state index in [0.29, 0.717) is 42.6 Å². The summed E-state index contributed by atoms with van der Waals surface area (Å²) in [6.07, 6.45) is 3.60. The maximum Gasteiger partial charge on any atom is 0.257 e. The zero-order valence-corrected chi connectivity index (χ0v) is 18.6. The fraction of sp³-hybridized carbons (Fsp3) is 0.360. The number of carbonyl (C=O) groups is 1. The Kier molecular flexibility index (Phi) is 6.26. The molecule has 0 bridgehead atoms. The number of piperidine rings is 1. The van der Waals surface area contributed by atoms with Crippen LogP contribution in [0.15, 0.2) is 60.8 Å². The number of rotatable bonds is 5. The molecule has 2 aliphatic rings. The van der Waals surface area contributed by atoms with Gasteiger partial charge in [-0.2, -0.15) is 5.10 Å². The van der Waals surface area contributed by atoms with Gasteiger partial charge in [0.1, 0.15) is 5.69 Å². The van der Waals surface area contributed by atoms with E-state index in [1.807, 2.05) is 58.2 Å². The molecule has 5 rings (SSSR count). The molecule has 2 aliphatic heterocycles. The zero-order chi connectivity index (χ0) is 21.9. The molecule has 0 radical (unpaired) electrons. The molecule has 0 N–H and O–H groups in total. The van der Waals surface area contributed by atoms with Gasteiger partial charge in [-0.25, -0.2) is 0 Å². The Bertz CT molecular complexity index is 1060. The summed E-state index contributed by atoms with van der Waals surface area (Å²) in [5, 5.41) is 5.45. The highest BCUT2D eigenvalue weighted by atomic mass is 35.5. The van der Waals surface area contributed by atoms with Gasteiger partial charge in [-0.1, -0.05) is 54.1 Å². The van der Waals surface area contributed by atoms with E-state index >= 15 is 0 Å². The van der Waals surface area contributed by atoms with Gasteiger partial charge in [0.25, 0.3) is 5.91 Å². The number of likely N-dealkylation sites (tertiary alicyclic amines) is 1. The van der Waals surface area contributed by atoms with Crippen molar-refractivity contribution in [2.75, 3.05) is 26.3 Å². The van der Waals surface area contributed by atoms with Crippen LogP contribution in [0, 0.1) is 5.92 Å². The summed E-state index contributed by atoms with van der Waals surface area (Å²) in [6.45, 7) is 3.21. The Hall–Kier alpha value is -2.67. The Labute approximate surface area is 192 Å². The second-order valence-corrected chi connectivity index (χ2v) is 8.78. The number of benzene rings is 2. The molecular weight excluding hydrogens is 426 g/mol. The van der Waals surface area contributed by atoms with Crippen LogP contribution in [0.2, 0.25) is 5.02 Å². The van der Waals surface area contributed by atoms with Crippen molar-refractivity contribution >= 4 is 17.5 Å². The van der Waals surface area contributed by atoms with Gasteiger partial charge in [-0.3, -0.25) is 9.48 Å². The minimum absolute atomic E-state index is 0.00282. The normalized spacial score (nSPS) is 19.4. The van der Waals surface area contributed by atoms with Gasteiger partial charge in [0, 0.05) is 35.8 Å². The van der Waals surface area contributed by atoms with Crippen molar-refractivity contribution in [3.63, 3.8) is 0 Å². The fourth-order valence-electron chi connectivity index (χ4n) is 4.49. The van der Waals surface area contributed by atoms with Gasteiger partial charge in [-0.15, -0.1) is 0 Å². The smallest absolute Gasteiger partial charge is 0.257 e. The van der Waals surface area contributed by atoms with Crippen LogP contribution < -0.4 is 0 Å². The summed E-state index contributed by atoms with van der Waals surface area (Å²) in [6, 6.07) is 17.6. The van der Waals surface area contributed by atoms with Crippen LogP contribution in [-0.2, 0) is 16.0 Å². The lowest BCUT2D eigenvalue weighted by Gasteiger charge is -2.34. The van der Waals surface area contributed by atoms with Crippen LogP contribution in [0.25, 0.3) is 11.3 Å². The van der Waals surface area contributed by atoms with E-state index < -0.39 is 0 Å². The molecule has 7 heteroatoms. The molecule has 3 aromatic rings. The summed E-state index contributed by atoms with van der Waals surface area (Å²) in [7, 11) is 0. The number of aromatic nitrogens is 2. The Morgan fingerprint density at radius 1 is 1.06 bits per heavy atom. The van der Waals surface area contributed by atoms with Crippen molar-refractivity contribution in [2.24, 2.45) is 5.92 Å². The predicted molar refractivity (Wildman–Crippen MR) is 123 cm³/mol. The largest absolute Gasteiger partial charge is 0.350 e. The van der Waals surface area contributed by atoms with E-state index in [2.05, 4.69) is 12.1 Å². The topological polar surface area (TPSA) is 56.6 Å². The Balaban J connectivity index is 1.44. The standard InChI is InChI=1S/C25H26ClN3O3/c26-21-10-8-19(9-11-21)23-22(17-29(27-23)15-18-5-2-1-3-6-18)24(30)28-12-4-7-20(16-28)25-31-13-14-32-25/h1-3,5-6,8-11,17,20,25H,4,7,12-16H2. The highest BCUT2D eigenvalue weighted by Crippen LogP contribution is 2.29. The maximum absolute atomic E-state index is 13.7. The highest BCUT2D eigenvalue weighted by molar-refractivity contribution is 6.30. The van der Waals surface area contributed by atoms with E-state index in [1.165, 1.54) is 0 Å². The summed E-state index contributed by atoms with van der Waals surface area (Å²) >= 11 is 6.09. The number of hydrogen-bond donors (Lipinski definition) is 0. The van der Waals surface area contributed by atoms with E-state index in [1.54, 1.807) is 0 Å². The van der Waals surface area contributed by atoms with Gasteiger partial charge in [0.2, 0.25) is 0 Å². The lowest BCUT2D eigenvalue weighted by molar-refractivity contribution is -0.0969. The molecule has 6 nitrogen and oxygen atoms in total. The van der Waals surface area contributed by atoms with E-state index in [-0.39, 0.29) is 18.1 Å². The van der Waals surface area contributed by atoms with Crippen LogP contribution in [0.1, 0.15) is 28.8 Å². The van der Waals surface area contributed by atoms with Crippen molar-refractivity contribution < 1.29 is 14.3 Å². The van der Waals surface area contributed by atoms with Crippen LogP contribution in [0.3, 0.4) is 0 Å². The van der Waals surface area contributed by atoms with Crippen LogP contribution in [0.4, 0.5) is 0 Å². The molecule has 166 valence electrons. The molecule has 3 heterocycles. The van der Waals surface area contributed by atoms with E-state index in [4.69, 9.17) is 26.2 Å². The van der Waals surface area contributed by atoms with Crippen molar-refractivity contribution in [1.82, 2.24) is 14.7 Å². The monoisotopic (exact) mass is 451 g/mol. The molecule has 1 aromatic heterocycles. The lowest BCUT2D eigenvalue weighted by Crippen LogP contribution is -2.43. The van der Waals surface area contributed by atoms with Crippen LogP contribution in [0.5, 0.6) is 0 Å². The number of halogens is 1. The molecule has 0 aliphatic carbocycles. The lowest BCUT2D eigenvalue weighted by atomic mass is 9.96. The van der Waals surface area contributed by atoms with E-state index in [9.17, 15) is 4.79 Å². The zero-order valence-electron chi connectivity index (χ0n) is 17.8. The Morgan fingerprint density at radius 2 is 1.81 bits per heavy atom. The third kappa shape index (κ3) is 4.58. The average Bonchev–Trinajstić information content (AvgIpc) is 3.51. The first-order chi connectivity index (χ1) is 15.7. The molecule has 32 heavy (non-hydrogen) atoms. The van der Waals surface area contributed by atoms with Gasteiger partial charge in [-0.05, 0) is 30.5 Å². The summed E-state index contributed by atoms with van der Waals surface area (Å²) in [5.41, 5.74) is 3.29. The average molecular weight is 452 g/mol. The van der Waals surface area contributed by atoms with E-state index in [0.717, 1.165) is 30.5 Å². The molecular formula is C25H26ClN3O3. The first-order valence-corrected chi connectivity index (χ1v) is 11.4. The first-order valence-electron chi connectivity index (χ1n) is 11.1. The predicted octanol–water partition coefficient (Wildman–Crippen LogP) is 4.48. The van der Waals surface area contributed by atoms with Crippen LogP contribution in [-0.4, -0.2) is 53.2 Å². The van der Waals surface area contributed by atoms with Crippen molar-refractivity contribution in [1.29, 1.82) is 0 Å². The third-order valence-electron chi connectivity index (χ3n) is 6.07. The SMILES string of the molecule is O=C(c1cn(Cc2ccccc2)nc1-c1ccc(Cl)cc1)N1CCCC(C2OCCO2)C1. The molecule has 1 unspecified atom stereocenters. The fourth-order valence-corrected chi connectivity index (χ4v) is 4.61. The second kappa shape index (κ2) is 9.45. The third-order valence-corrected chi connectivity index (χ3v) is 6.33. The number of carbonyl (C=O) groups excluding carboxylic acids is 1. The summed E-state index contributed by atoms with van der Waals surface area (Å²) in [5.74, 6) is 0.200. The second-order valence-electron chi connectivity index (χ2n) is 8.34. The van der Waals surface area contributed by atoms with Crippen molar-refractivity contribution in [2.45, 2.75) is 25.7 Å². The molecule has 0 spiro atoms. The molecule has 2 aromatic carbocycles. The highest BCUT2D eigenvalue weighted by Gasteiger charge is 2.34. The minimum Gasteiger partial charge on any atom is -0.350 e. The molecule has 0 saturated carbocycles. The summed E-state index contributed by atoms with van der Waals surface area (Å²) < 4.78 is 13.3. The van der Waals surface area contributed by atoms with Gasteiger partial charge >= 0.3 is 0 Å². The number of ether oxygens (including phenoxy) is 2. The Morgan fingerprint density at radius 3 is 2.56 bits per heavy atom. The van der Waals surface area contributed by atoms with Gasteiger partial charge < -0.3 is 14.4 Å². The first kappa shape index (κ1) is 21.2. The molecule has 1 amide bonds. The number of amides is 1. The van der Waals surface area contributed by atoms with Crippen molar-refractivity contribution in [3.05, 3.63) is 76.9 Å². The van der Waals surface area contributed by atoms with Gasteiger partial charge in [0.15, 0.2) is 6.29 Å². The summed E-state index contributed by atoms with van der Waals surface area (Å²) in [4.78, 5) is 15.6. The minimum atomic E-state index is -0.206. The molecule has 2 fully saturated rings. The maximum atomic E-state index is 13.7. The van der Waals surface area contributed by atoms with Crippen LogP contribution >= 0.6 is 11.6 Å². The quantitative estimate of drug-likeness (QED) is 0.574. The molecule has 2 saturated heterocycles.